The fourth-order valence-corrected chi connectivity index (χ4v) is 10.2. The van der Waals surface area contributed by atoms with Crippen molar-refractivity contribution in [2.24, 2.45) is 5.92 Å². The molecule has 1 spiro atoms. The van der Waals surface area contributed by atoms with Gasteiger partial charge < -0.3 is 18.9 Å². The highest BCUT2D eigenvalue weighted by atomic mass is 28.4. The molecule has 7 rings (SSSR count). The Labute approximate surface area is 250 Å². The van der Waals surface area contributed by atoms with Gasteiger partial charge in [-0.05, 0) is 55.2 Å². The number of aliphatic hydroxyl groups is 1. The maximum absolute atomic E-state index is 16.1. The van der Waals surface area contributed by atoms with Gasteiger partial charge in [0.2, 0.25) is 8.41 Å². The van der Waals surface area contributed by atoms with Gasteiger partial charge in [0, 0.05) is 60.9 Å². The van der Waals surface area contributed by atoms with Crippen LogP contribution in [0.2, 0.25) is 18.6 Å². The number of nitrogens with zero attached hydrogens (tertiary/aromatic N) is 5. The summed E-state index contributed by atoms with van der Waals surface area (Å²) < 4.78 is 24.6. The quantitative estimate of drug-likeness (QED) is 0.234. The summed E-state index contributed by atoms with van der Waals surface area (Å²) >= 11 is 0. The molecule has 1 aromatic heterocycles. The zero-order valence-electron chi connectivity index (χ0n) is 24.6. The molecule has 3 aliphatic rings. The van der Waals surface area contributed by atoms with Crippen molar-refractivity contribution >= 4 is 48.1 Å². The van der Waals surface area contributed by atoms with Crippen LogP contribution >= 0.6 is 0 Å². The molecule has 0 unspecified atom stereocenters. The summed E-state index contributed by atoms with van der Waals surface area (Å²) in [6.45, 7) is 5.71. The largest absolute Gasteiger partial charge is 0.396 e. The Morgan fingerprint density at radius 3 is 2.60 bits per heavy atom. The van der Waals surface area contributed by atoms with E-state index >= 15 is 4.11 Å². The molecule has 0 saturated carbocycles. The third-order valence-corrected chi connectivity index (χ3v) is 11.9. The van der Waals surface area contributed by atoms with E-state index in [9.17, 15) is 14.7 Å². The van der Waals surface area contributed by atoms with Crippen molar-refractivity contribution in [3.05, 3.63) is 77.6 Å². The molecule has 1 fully saturated rings. The third kappa shape index (κ3) is 4.01. The number of aryl methyl sites for hydroxylation is 1. The fourth-order valence-electron chi connectivity index (χ4n) is 7.66. The molecule has 0 bridgehead atoms. The zero-order chi connectivity index (χ0) is 30.3. The SMILES string of the molecule is C[C@H]1[C@H]([Si](C)(C)F)[C@@H](CCn2cc(CCO)nn2)O[C@]12C(=O)N(C)c1ccc(N3C(=O)c4cccc5cccc3c45)cc12. The minimum atomic E-state index is -3.33. The maximum atomic E-state index is 16.1. The molecule has 0 radical (unpaired) electrons. The Bertz CT molecular complexity index is 1780. The average molecular weight is 600 g/mol. The van der Waals surface area contributed by atoms with E-state index < -0.39 is 31.6 Å². The average Bonchev–Trinajstić information content (AvgIpc) is 3.69. The molecule has 1 N–H and O–H groups in total. The Morgan fingerprint density at radius 2 is 1.86 bits per heavy atom. The van der Waals surface area contributed by atoms with Crippen molar-refractivity contribution in [2.45, 2.75) is 56.7 Å². The van der Waals surface area contributed by atoms with Crippen LogP contribution in [0.15, 0.2) is 60.8 Å². The van der Waals surface area contributed by atoms with E-state index in [0.29, 0.717) is 47.6 Å². The minimum absolute atomic E-state index is 0.0184. The number of carbonyl (C=O) groups is 2. The Kier molecular flexibility index (Phi) is 6.35. The normalized spacial score (nSPS) is 24.7. The number of aliphatic hydroxyl groups excluding tert-OH is 1. The first kappa shape index (κ1) is 27.9. The van der Waals surface area contributed by atoms with Gasteiger partial charge in [0.25, 0.3) is 11.8 Å². The number of fused-ring (bicyclic) bond motifs is 2. The van der Waals surface area contributed by atoms with Gasteiger partial charge in [-0.25, -0.2) is 0 Å². The molecule has 222 valence electrons. The van der Waals surface area contributed by atoms with Crippen molar-refractivity contribution < 1.29 is 23.5 Å². The van der Waals surface area contributed by atoms with Crippen LogP contribution in [0.4, 0.5) is 21.2 Å². The molecule has 1 saturated heterocycles. The number of likely N-dealkylation sites (N-methyl/N-ethyl adjacent to an activating group) is 1. The first-order chi connectivity index (χ1) is 20.6. The molecule has 4 aromatic rings. The van der Waals surface area contributed by atoms with Crippen LogP contribution in [0.1, 0.15) is 35.0 Å². The lowest BCUT2D eigenvalue weighted by Crippen LogP contribution is -2.44. The predicted molar refractivity (Wildman–Crippen MR) is 164 cm³/mol. The van der Waals surface area contributed by atoms with E-state index in [1.165, 1.54) is 0 Å². The summed E-state index contributed by atoms with van der Waals surface area (Å²) in [5.74, 6) is -0.784. The molecule has 4 heterocycles. The highest BCUT2D eigenvalue weighted by Crippen LogP contribution is 2.60. The van der Waals surface area contributed by atoms with E-state index in [2.05, 4.69) is 10.3 Å². The molecule has 43 heavy (non-hydrogen) atoms. The van der Waals surface area contributed by atoms with Crippen LogP contribution in [0.5, 0.6) is 0 Å². The van der Waals surface area contributed by atoms with Crippen molar-refractivity contribution in [1.29, 1.82) is 0 Å². The van der Waals surface area contributed by atoms with Crippen molar-refractivity contribution in [2.75, 3.05) is 23.5 Å². The van der Waals surface area contributed by atoms with Crippen molar-refractivity contribution in [1.82, 2.24) is 15.0 Å². The summed E-state index contributed by atoms with van der Waals surface area (Å²) in [7, 11) is -1.60. The van der Waals surface area contributed by atoms with Crippen LogP contribution in [-0.4, -0.2) is 60.1 Å². The van der Waals surface area contributed by atoms with Gasteiger partial charge >= 0.3 is 0 Å². The van der Waals surface area contributed by atoms with E-state index in [1.807, 2.05) is 61.5 Å². The monoisotopic (exact) mass is 599 g/mol. The number of carbonyl (C=O) groups excluding carboxylic acids is 2. The number of benzene rings is 3. The lowest BCUT2D eigenvalue weighted by molar-refractivity contribution is -0.145. The molecule has 2 amide bonds. The van der Waals surface area contributed by atoms with Crippen LogP contribution in [0.3, 0.4) is 0 Å². The molecule has 3 aliphatic heterocycles. The highest BCUT2D eigenvalue weighted by molar-refractivity contribution is 6.72. The van der Waals surface area contributed by atoms with Crippen LogP contribution < -0.4 is 9.80 Å². The number of anilines is 3. The summed E-state index contributed by atoms with van der Waals surface area (Å²) in [4.78, 5) is 31.2. The van der Waals surface area contributed by atoms with Gasteiger partial charge in [-0.3, -0.25) is 19.2 Å². The number of hydrogen-bond acceptors (Lipinski definition) is 6. The zero-order valence-corrected chi connectivity index (χ0v) is 25.6. The molecule has 3 aromatic carbocycles. The number of aromatic nitrogens is 3. The lowest BCUT2D eigenvalue weighted by atomic mass is 9.82. The molecule has 9 nitrogen and oxygen atoms in total. The van der Waals surface area contributed by atoms with Gasteiger partial charge in [0.1, 0.15) is 0 Å². The lowest BCUT2D eigenvalue weighted by Gasteiger charge is -2.31. The summed E-state index contributed by atoms with van der Waals surface area (Å²) in [5.41, 5.74) is 2.29. The topological polar surface area (TPSA) is 101 Å². The predicted octanol–water partition coefficient (Wildman–Crippen LogP) is 5.10. The number of hydrogen-bond donors (Lipinski definition) is 1. The smallest absolute Gasteiger partial charge is 0.264 e. The van der Waals surface area contributed by atoms with Crippen LogP contribution in [0, 0.1) is 5.92 Å². The molecule has 4 atom stereocenters. The van der Waals surface area contributed by atoms with E-state index in [4.69, 9.17) is 4.74 Å². The molecular formula is C32H34FN5O4Si. The number of halogens is 1. The number of ether oxygens (including phenoxy) is 1. The van der Waals surface area contributed by atoms with Gasteiger partial charge in [0.15, 0.2) is 5.60 Å². The van der Waals surface area contributed by atoms with E-state index in [0.717, 1.165) is 16.5 Å². The Hall–Kier alpha value is -3.93. The van der Waals surface area contributed by atoms with Crippen LogP contribution in [0.25, 0.3) is 10.8 Å². The van der Waals surface area contributed by atoms with Gasteiger partial charge in [0.05, 0.1) is 28.7 Å². The minimum Gasteiger partial charge on any atom is -0.396 e. The summed E-state index contributed by atoms with van der Waals surface area (Å²) in [5, 5.41) is 19.4. The first-order valence-electron chi connectivity index (χ1n) is 14.7. The van der Waals surface area contributed by atoms with Crippen molar-refractivity contribution in [3.63, 3.8) is 0 Å². The second-order valence-corrected chi connectivity index (χ2v) is 16.2. The first-order valence-corrected chi connectivity index (χ1v) is 17.7. The van der Waals surface area contributed by atoms with E-state index in [1.54, 1.807) is 40.8 Å². The molecule has 0 aliphatic carbocycles. The van der Waals surface area contributed by atoms with Gasteiger partial charge in [-0.2, -0.15) is 0 Å². The molecule has 11 heteroatoms. The number of rotatable bonds is 7. The second-order valence-electron chi connectivity index (χ2n) is 12.4. The fraction of sp³-hybridized carbons (Fsp3) is 0.375. The summed E-state index contributed by atoms with van der Waals surface area (Å²) in [6.07, 6.45) is 2.11. The maximum Gasteiger partial charge on any atom is 0.264 e. The molecular weight excluding hydrogens is 565 g/mol. The van der Waals surface area contributed by atoms with Gasteiger partial charge in [-0.15, -0.1) is 5.10 Å². The second kappa shape index (κ2) is 9.80. The van der Waals surface area contributed by atoms with E-state index in [-0.39, 0.29) is 18.4 Å². The summed E-state index contributed by atoms with van der Waals surface area (Å²) in [6, 6.07) is 17.2. The standard InChI is InChI=1S/C32H34FN5O4Si/c1-19-29(43(3,4)33)27(13-15-37-18-21(14-16-39)34-35-37)42-32(19)24-17-22(11-12-25(24)36(2)31(32)41)38-26-10-6-8-20-7-5-9-23(28(20)26)30(38)40/h5-12,17-19,27,29,39H,13-16H2,1-4H3/t19-,27+,29-,32+/m0/s1. The number of amides is 2. The Balaban J connectivity index is 1.29. The van der Waals surface area contributed by atoms with Crippen LogP contribution in [-0.2, 0) is 28.1 Å². The van der Waals surface area contributed by atoms with Gasteiger partial charge in [-0.1, -0.05) is 36.4 Å². The third-order valence-electron chi connectivity index (χ3n) is 9.49. The van der Waals surface area contributed by atoms with Crippen molar-refractivity contribution in [3.8, 4) is 0 Å². The highest BCUT2D eigenvalue weighted by Gasteiger charge is 2.66. The Morgan fingerprint density at radius 1 is 1.09 bits per heavy atom.